The first kappa shape index (κ1) is 32.2. The van der Waals surface area contributed by atoms with Crippen molar-refractivity contribution in [1.82, 2.24) is 4.90 Å². The van der Waals surface area contributed by atoms with Crippen LogP contribution in [0.2, 0.25) is 0 Å². The number of halogens is 3. The molecule has 0 bridgehead atoms. The molecule has 1 fully saturated rings. The SMILES string of the molecule is C.Cc1cc([C@@H](C)OC[C@@]2(c3ccccc3)CCC(C(C)O)CN2C(=O)OCc2ccccc2)cc(C(F)(F)F)c1. The summed E-state index contributed by atoms with van der Waals surface area (Å²) in [4.78, 5) is 15.3. The van der Waals surface area contributed by atoms with Crippen molar-refractivity contribution in [2.45, 2.75) is 71.6 Å². The molecule has 4 rings (SSSR count). The maximum Gasteiger partial charge on any atom is 0.416 e. The fourth-order valence-corrected chi connectivity index (χ4v) is 5.35. The van der Waals surface area contributed by atoms with Crippen LogP contribution in [0.1, 0.15) is 68.0 Å². The summed E-state index contributed by atoms with van der Waals surface area (Å²) < 4.78 is 52.5. The number of benzene rings is 3. The molecule has 0 saturated carbocycles. The first-order valence-electron chi connectivity index (χ1n) is 13.5. The van der Waals surface area contributed by atoms with E-state index in [1.807, 2.05) is 60.7 Å². The highest BCUT2D eigenvalue weighted by molar-refractivity contribution is 5.69. The van der Waals surface area contributed by atoms with Gasteiger partial charge in [0.1, 0.15) is 6.61 Å². The van der Waals surface area contributed by atoms with Gasteiger partial charge in [-0.1, -0.05) is 79.7 Å². The quantitative estimate of drug-likeness (QED) is 0.297. The lowest BCUT2D eigenvalue weighted by Crippen LogP contribution is -2.58. The lowest BCUT2D eigenvalue weighted by Gasteiger charge is -2.49. The second-order valence-corrected chi connectivity index (χ2v) is 10.7. The van der Waals surface area contributed by atoms with E-state index in [0.29, 0.717) is 24.0 Å². The molecule has 0 aromatic heterocycles. The van der Waals surface area contributed by atoms with Crippen LogP contribution in [0.25, 0.3) is 0 Å². The molecular formula is C33H40F3NO4. The van der Waals surface area contributed by atoms with Crippen molar-refractivity contribution in [2.24, 2.45) is 5.92 Å². The zero-order chi connectivity index (χ0) is 28.9. The maximum absolute atomic E-state index is 13.7. The number of aryl methyl sites for hydroxylation is 1. The van der Waals surface area contributed by atoms with Gasteiger partial charge < -0.3 is 14.6 Å². The second-order valence-electron chi connectivity index (χ2n) is 10.7. The molecular weight excluding hydrogens is 531 g/mol. The van der Waals surface area contributed by atoms with E-state index in [4.69, 9.17) is 9.47 Å². The maximum atomic E-state index is 13.7. The van der Waals surface area contributed by atoms with Gasteiger partial charge in [-0.2, -0.15) is 13.2 Å². The van der Waals surface area contributed by atoms with Gasteiger partial charge in [0.05, 0.1) is 29.9 Å². The minimum atomic E-state index is -4.47. The Hall–Kier alpha value is -3.36. The number of carbonyl (C=O) groups is 1. The standard InChI is InChI=1S/C32H36F3NO4.CH4/c1-22-16-27(18-29(17-22)32(33,34)35)24(3)40-21-31(28-12-8-5-9-13-28)15-14-26(23(2)37)19-36(31)30(38)39-20-25-10-6-4-7-11-25;/h4-13,16-18,23-24,26,37H,14-15,19-21H2,1-3H3;1H4/t23?,24-,26?,31-;/m1./s1. The first-order chi connectivity index (χ1) is 19.0. The number of likely N-dealkylation sites (tertiary alicyclic amines) is 1. The van der Waals surface area contributed by atoms with E-state index in [1.165, 1.54) is 0 Å². The van der Waals surface area contributed by atoms with Gasteiger partial charge in [-0.25, -0.2) is 4.79 Å². The topological polar surface area (TPSA) is 59.0 Å². The van der Waals surface area contributed by atoms with Gasteiger partial charge in [-0.3, -0.25) is 4.90 Å². The molecule has 1 aliphatic rings. The third-order valence-electron chi connectivity index (χ3n) is 7.75. The van der Waals surface area contributed by atoms with E-state index in [-0.39, 0.29) is 33.1 Å². The van der Waals surface area contributed by atoms with Crippen molar-refractivity contribution in [3.05, 3.63) is 107 Å². The predicted molar refractivity (Wildman–Crippen MR) is 153 cm³/mol. The van der Waals surface area contributed by atoms with E-state index < -0.39 is 35.6 Å². The molecule has 1 heterocycles. The van der Waals surface area contributed by atoms with Gasteiger partial charge in [-0.05, 0) is 62.4 Å². The highest BCUT2D eigenvalue weighted by Gasteiger charge is 2.48. The third-order valence-corrected chi connectivity index (χ3v) is 7.75. The molecule has 3 aromatic rings. The summed E-state index contributed by atoms with van der Waals surface area (Å²) in [5, 5.41) is 10.4. The number of amides is 1. The van der Waals surface area contributed by atoms with Crippen molar-refractivity contribution in [1.29, 1.82) is 0 Å². The molecule has 222 valence electrons. The minimum absolute atomic E-state index is 0. The van der Waals surface area contributed by atoms with Crippen LogP contribution >= 0.6 is 0 Å². The summed E-state index contributed by atoms with van der Waals surface area (Å²) in [5.74, 6) is -0.162. The molecule has 1 saturated heterocycles. The molecule has 4 atom stereocenters. The van der Waals surface area contributed by atoms with Gasteiger partial charge in [0.25, 0.3) is 0 Å². The van der Waals surface area contributed by atoms with Crippen LogP contribution in [0, 0.1) is 12.8 Å². The van der Waals surface area contributed by atoms with Crippen molar-refractivity contribution >= 4 is 6.09 Å². The fourth-order valence-electron chi connectivity index (χ4n) is 5.35. The van der Waals surface area contributed by atoms with Crippen molar-refractivity contribution in [3.8, 4) is 0 Å². The molecule has 8 heteroatoms. The normalized spacial score (nSPS) is 20.6. The molecule has 5 nitrogen and oxygen atoms in total. The second kappa shape index (κ2) is 13.5. The number of hydrogen-bond acceptors (Lipinski definition) is 4. The average Bonchev–Trinajstić information content (AvgIpc) is 2.94. The molecule has 1 amide bonds. The summed E-state index contributed by atoms with van der Waals surface area (Å²) in [7, 11) is 0. The first-order valence-corrected chi connectivity index (χ1v) is 13.5. The van der Waals surface area contributed by atoms with Gasteiger partial charge >= 0.3 is 12.3 Å². The van der Waals surface area contributed by atoms with Crippen LogP contribution in [0.5, 0.6) is 0 Å². The van der Waals surface area contributed by atoms with Gasteiger partial charge in [0.2, 0.25) is 0 Å². The van der Waals surface area contributed by atoms with Crippen LogP contribution < -0.4 is 0 Å². The highest BCUT2D eigenvalue weighted by Crippen LogP contribution is 2.42. The Morgan fingerprint density at radius 2 is 1.68 bits per heavy atom. The number of piperidine rings is 1. The number of aliphatic hydroxyl groups is 1. The number of ether oxygens (including phenoxy) is 2. The number of carbonyl (C=O) groups excluding carboxylic acids is 1. The van der Waals surface area contributed by atoms with Crippen LogP contribution in [-0.2, 0) is 27.8 Å². The molecule has 0 radical (unpaired) electrons. The molecule has 2 unspecified atom stereocenters. The Kier molecular flexibility index (Phi) is 10.6. The smallest absolute Gasteiger partial charge is 0.416 e. The Morgan fingerprint density at radius 3 is 2.29 bits per heavy atom. The molecule has 1 N–H and O–H groups in total. The Bertz CT molecular complexity index is 1270. The van der Waals surface area contributed by atoms with Gasteiger partial charge in [0, 0.05) is 12.5 Å². The van der Waals surface area contributed by atoms with E-state index in [9.17, 15) is 23.1 Å². The Balaban J connectivity index is 0.00000462. The third kappa shape index (κ3) is 7.68. The largest absolute Gasteiger partial charge is 0.445 e. The Labute approximate surface area is 240 Å². The van der Waals surface area contributed by atoms with Crippen LogP contribution in [0.4, 0.5) is 18.0 Å². The van der Waals surface area contributed by atoms with E-state index in [2.05, 4.69) is 0 Å². The van der Waals surface area contributed by atoms with Crippen molar-refractivity contribution in [2.75, 3.05) is 13.2 Å². The summed E-state index contributed by atoms with van der Waals surface area (Å²) in [6.07, 6.45) is -5.19. The van der Waals surface area contributed by atoms with Crippen molar-refractivity contribution in [3.63, 3.8) is 0 Å². The number of nitrogens with zero attached hydrogens (tertiary/aromatic N) is 1. The van der Waals surface area contributed by atoms with E-state index in [0.717, 1.165) is 23.3 Å². The molecule has 41 heavy (non-hydrogen) atoms. The predicted octanol–water partition coefficient (Wildman–Crippen LogP) is 8.05. The zero-order valence-electron chi connectivity index (χ0n) is 23.0. The van der Waals surface area contributed by atoms with Crippen LogP contribution in [0.15, 0.2) is 78.9 Å². The number of alkyl halides is 3. The summed E-state index contributed by atoms with van der Waals surface area (Å²) in [6, 6.07) is 22.8. The molecule has 0 spiro atoms. The van der Waals surface area contributed by atoms with Gasteiger partial charge in [0.15, 0.2) is 0 Å². The molecule has 1 aliphatic heterocycles. The average molecular weight is 572 g/mol. The minimum Gasteiger partial charge on any atom is -0.445 e. The monoisotopic (exact) mass is 571 g/mol. The van der Waals surface area contributed by atoms with Crippen LogP contribution in [0.3, 0.4) is 0 Å². The summed E-state index contributed by atoms with van der Waals surface area (Å²) in [6.45, 7) is 5.43. The van der Waals surface area contributed by atoms with E-state index in [1.54, 1.807) is 31.7 Å². The fraction of sp³-hybridized carbons (Fsp3) is 0.424. The van der Waals surface area contributed by atoms with Crippen LogP contribution in [-0.4, -0.2) is 35.4 Å². The van der Waals surface area contributed by atoms with E-state index >= 15 is 0 Å². The van der Waals surface area contributed by atoms with Gasteiger partial charge in [-0.15, -0.1) is 0 Å². The summed E-state index contributed by atoms with van der Waals surface area (Å²) >= 11 is 0. The van der Waals surface area contributed by atoms with Crippen molar-refractivity contribution < 1.29 is 32.5 Å². The lowest BCUT2D eigenvalue weighted by molar-refractivity contribution is -0.137. The summed E-state index contributed by atoms with van der Waals surface area (Å²) in [5.41, 5.74) is 0.913. The Morgan fingerprint density at radius 1 is 1.05 bits per heavy atom. The number of rotatable bonds is 8. The zero-order valence-corrected chi connectivity index (χ0v) is 23.0. The molecule has 3 aromatic carbocycles. The number of hydrogen-bond donors (Lipinski definition) is 1. The number of aliphatic hydroxyl groups excluding tert-OH is 1. The lowest BCUT2D eigenvalue weighted by atomic mass is 9.76. The highest BCUT2D eigenvalue weighted by atomic mass is 19.4. The molecule has 0 aliphatic carbocycles.